The third-order valence-electron chi connectivity index (χ3n) is 5.34. The minimum Gasteiger partial charge on any atom is -0.493 e. The van der Waals surface area contributed by atoms with Crippen molar-refractivity contribution in [1.29, 1.82) is 0 Å². The molecule has 1 amide bonds. The highest BCUT2D eigenvalue weighted by molar-refractivity contribution is 7.92. The van der Waals surface area contributed by atoms with Gasteiger partial charge in [-0.05, 0) is 80.1 Å². The standard InChI is InChI=1S/C22H26N2O4S/c1-3-12-28-21-9-7-19(13-15(21)2)29(26,27)23-18-6-8-20-17(14-18)10-11-24(20)22(25)16-4-5-16/h6-9,13-14,16,23H,3-5,10-12H2,1-2H3. The van der Waals surface area contributed by atoms with Gasteiger partial charge in [-0.15, -0.1) is 0 Å². The Balaban J connectivity index is 1.51. The molecular weight excluding hydrogens is 388 g/mol. The van der Waals surface area contributed by atoms with Gasteiger partial charge in [-0.2, -0.15) is 0 Å². The lowest BCUT2D eigenvalue weighted by atomic mass is 10.1. The van der Waals surface area contributed by atoms with Crippen molar-refractivity contribution in [3.8, 4) is 5.75 Å². The minimum atomic E-state index is -3.71. The lowest BCUT2D eigenvalue weighted by Crippen LogP contribution is -2.30. The number of aryl methyl sites for hydroxylation is 1. The van der Waals surface area contributed by atoms with Gasteiger partial charge < -0.3 is 9.64 Å². The van der Waals surface area contributed by atoms with E-state index in [0.29, 0.717) is 24.6 Å². The normalized spacial score (nSPS) is 15.9. The lowest BCUT2D eigenvalue weighted by molar-refractivity contribution is -0.119. The Bertz CT molecular complexity index is 1040. The van der Waals surface area contributed by atoms with Gasteiger partial charge in [0.15, 0.2) is 0 Å². The van der Waals surface area contributed by atoms with Gasteiger partial charge in [0.2, 0.25) is 5.91 Å². The summed E-state index contributed by atoms with van der Waals surface area (Å²) in [5.41, 5.74) is 3.19. The summed E-state index contributed by atoms with van der Waals surface area (Å²) in [4.78, 5) is 14.4. The minimum absolute atomic E-state index is 0.173. The molecule has 0 spiro atoms. The summed E-state index contributed by atoms with van der Waals surface area (Å²) in [6.45, 7) is 5.13. The van der Waals surface area contributed by atoms with Crippen LogP contribution in [0.1, 0.15) is 37.3 Å². The van der Waals surface area contributed by atoms with Crippen LogP contribution in [0, 0.1) is 12.8 Å². The smallest absolute Gasteiger partial charge is 0.261 e. The largest absolute Gasteiger partial charge is 0.493 e. The topological polar surface area (TPSA) is 75.7 Å². The first-order valence-corrected chi connectivity index (χ1v) is 11.6. The fourth-order valence-electron chi connectivity index (χ4n) is 3.62. The SMILES string of the molecule is CCCOc1ccc(S(=O)(=O)Nc2ccc3c(c2)CCN3C(=O)C2CC2)cc1C. The second kappa shape index (κ2) is 7.71. The van der Waals surface area contributed by atoms with Gasteiger partial charge in [-0.3, -0.25) is 9.52 Å². The zero-order valence-electron chi connectivity index (χ0n) is 16.8. The van der Waals surface area contributed by atoms with Crippen LogP contribution >= 0.6 is 0 Å². The van der Waals surface area contributed by atoms with E-state index in [1.165, 1.54) is 0 Å². The van der Waals surface area contributed by atoms with Crippen molar-refractivity contribution in [1.82, 2.24) is 0 Å². The summed E-state index contributed by atoms with van der Waals surface area (Å²) < 4.78 is 34.0. The Hall–Kier alpha value is -2.54. The lowest BCUT2D eigenvalue weighted by Gasteiger charge is -2.17. The van der Waals surface area contributed by atoms with E-state index >= 15 is 0 Å². The molecule has 0 unspecified atom stereocenters. The number of benzene rings is 2. The van der Waals surface area contributed by atoms with Crippen LogP contribution in [0.2, 0.25) is 0 Å². The van der Waals surface area contributed by atoms with Crippen LogP contribution in [0.5, 0.6) is 5.75 Å². The van der Waals surface area contributed by atoms with Gasteiger partial charge >= 0.3 is 0 Å². The van der Waals surface area contributed by atoms with E-state index in [9.17, 15) is 13.2 Å². The molecular formula is C22H26N2O4S. The van der Waals surface area contributed by atoms with E-state index in [-0.39, 0.29) is 16.7 Å². The molecule has 4 rings (SSSR count). The summed E-state index contributed by atoms with van der Waals surface area (Å²) in [5, 5.41) is 0. The van der Waals surface area contributed by atoms with Crippen LogP contribution in [-0.2, 0) is 21.2 Å². The van der Waals surface area contributed by atoms with Crippen LogP contribution in [0.3, 0.4) is 0 Å². The maximum atomic E-state index is 12.8. The first-order valence-electron chi connectivity index (χ1n) is 10.1. The number of nitrogens with zero attached hydrogens (tertiary/aromatic N) is 1. The summed E-state index contributed by atoms with van der Waals surface area (Å²) in [7, 11) is -3.71. The van der Waals surface area contributed by atoms with Gasteiger partial charge in [0.25, 0.3) is 10.0 Å². The Morgan fingerprint density at radius 3 is 2.69 bits per heavy atom. The molecule has 0 atom stereocenters. The van der Waals surface area contributed by atoms with Crippen molar-refractivity contribution in [2.75, 3.05) is 22.8 Å². The second-order valence-corrected chi connectivity index (χ2v) is 9.42. The molecule has 1 N–H and O–H groups in total. The maximum Gasteiger partial charge on any atom is 0.261 e. The third-order valence-corrected chi connectivity index (χ3v) is 6.72. The van der Waals surface area contributed by atoms with Crippen molar-refractivity contribution in [3.63, 3.8) is 0 Å². The molecule has 0 bridgehead atoms. The van der Waals surface area contributed by atoms with E-state index in [1.54, 1.807) is 24.3 Å². The van der Waals surface area contributed by atoms with E-state index in [1.807, 2.05) is 30.9 Å². The monoisotopic (exact) mass is 414 g/mol. The number of carbonyl (C=O) groups is 1. The molecule has 6 nitrogen and oxygen atoms in total. The van der Waals surface area contributed by atoms with Gasteiger partial charge in [0, 0.05) is 23.8 Å². The number of hydrogen-bond donors (Lipinski definition) is 1. The van der Waals surface area contributed by atoms with Crippen molar-refractivity contribution >= 4 is 27.3 Å². The van der Waals surface area contributed by atoms with Crippen LogP contribution < -0.4 is 14.4 Å². The molecule has 0 aromatic heterocycles. The number of hydrogen-bond acceptors (Lipinski definition) is 4. The molecule has 1 aliphatic heterocycles. The van der Waals surface area contributed by atoms with E-state index < -0.39 is 10.0 Å². The molecule has 1 heterocycles. The van der Waals surface area contributed by atoms with Crippen LogP contribution in [0.15, 0.2) is 41.3 Å². The van der Waals surface area contributed by atoms with Gasteiger partial charge in [0.1, 0.15) is 5.75 Å². The predicted molar refractivity (Wildman–Crippen MR) is 113 cm³/mol. The van der Waals surface area contributed by atoms with E-state index in [0.717, 1.165) is 42.5 Å². The summed E-state index contributed by atoms with van der Waals surface area (Å²) in [5.74, 6) is 1.06. The second-order valence-electron chi connectivity index (χ2n) is 7.74. The number of sulfonamides is 1. The number of anilines is 2. The highest BCUT2D eigenvalue weighted by Gasteiger charge is 2.36. The Labute approximate surface area is 171 Å². The highest BCUT2D eigenvalue weighted by Crippen LogP contribution is 2.37. The first-order chi connectivity index (χ1) is 13.9. The average molecular weight is 415 g/mol. The molecule has 2 aliphatic rings. The third kappa shape index (κ3) is 4.10. The highest BCUT2D eigenvalue weighted by atomic mass is 32.2. The zero-order chi connectivity index (χ0) is 20.6. The molecule has 154 valence electrons. The van der Waals surface area contributed by atoms with Crippen LogP contribution in [0.4, 0.5) is 11.4 Å². The van der Waals surface area contributed by atoms with Crippen molar-refractivity contribution in [3.05, 3.63) is 47.5 Å². The van der Waals surface area contributed by atoms with E-state index in [2.05, 4.69) is 4.72 Å². The van der Waals surface area contributed by atoms with E-state index in [4.69, 9.17) is 4.74 Å². The molecule has 2 aromatic carbocycles. The number of fused-ring (bicyclic) bond motifs is 1. The molecule has 1 aliphatic carbocycles. The number of rotatable bonds is 7. The molecule has 0 saturated heterocycles. The number of amides is 1. The Morgan fingerprint density at radius 2 is 2.00 bits per heavy atom. The summed E-state index contributed by atoms with van der Waals surface area (Å²) in [6, 6.07) is 10.3. The van der Waals surface area contributed by atoms with Gasteiger partial charge in [-0.1, -0.05) is 6.92 Å². The summed E-state index contributed by atoms with van der Waals surface area (Å²) >= 11 is 0. The fraction of sp³-hybridized carbons (Fsp3) is 0.409. The maximum absolute atomic E-state index is 12.8. The van der Waals surface area contributed by atoms with Crippen LogP contribution in [-0.4, -0.2) is 27.5 Å². The van der Waals surface area contributed by atoms with Gasteiger partial charge in [0.05, 0.1) is 11.5 Å². The number of ether oxygens (including phenoxy) is 1. The molecule has 2 aromatic rings. The molecule has 7 heteroatoms. The molecule has 1 saturated carbocycles. The first kappa shape index (κ1) is 19.8. The fourth-order valence-corrected chi connectivity index (χ4v) is 4.76. The average Bonchev–Trinajstić information content (AvgIpc) is 3.46. The molecule has 29 heavy (non-hydrogen) atoms. The summed E-state index contributed by atoms with van der Waals surface area (Å²) in [6.07, 6.45) is 3.59. The Kier molecular flexibility index (Phi) is 5.25. The number of nitrogens with one attached hydrogen (secondary N) is 1. The van der Waals surface area contributed by atoms with Crippen LogP contribution in [0.25, 0.3) is 0 Å². The van der Waals surface area contributed by atoms with Crippen molar-refractivity contribution in [2.24, 2.45) is 5.92 Å². The molecule has 1 fully saturated rings. The number of carbonyl (C=O) groups excluding carboxylic acids is 1. The Morgan fingerprint density at radius 1 is 1.21 bits per heavy atom. The molecule has 0 radical (unpaired) electrons. The quantitative estimate of drug-likeness (QED) is 0.746. The predicted octanol–water partition coefficient (Wildman–Crippen LogP) is 3.88. The van der Waals surface area contributed by atoms with Crippen molar-refractivity contribution < 1.29 is 17.9 Å². The van der Waals surface area contributed by atoms with Gasteiger partial charge in [-0.25, -0.2) is 8.42 Å². The zero-order valence-corrected chi connectivity index (χ0v) is 17.6. The van der Waals surface area contributed by atoms with Crippen molar-refractivity contribution in [2.45, 2.75) is 44.4 Å².